The average molecular weight is 357 g/mol. The molecule has 0 saturated heterocycles. The van der Waals surface area contributed by atoms with Crippen LogP contribution in [0.4, 0.5) is 0 Å². The summed E-state index contributed by atoms with van der Waals surface area (Å²) < 4.78 is 0. The fourth-order valence-corrected chi connectivity index (χ4v) is 3.27. The lowest BCUT2D eigenvalue weighted by Gasteiger charge is -2.08. The molecule has 0 spiro atoms. The maximum atomic E-state index is 10.8. The number of carboxylic acid groups (broad SMARTS) is 1. The first-order chi connectivity index (χ1) is 11.6. The molecule has 0 radical (unpaired) electrons. The molecule has 0 aliphatic heterocycles. The Labute approximate surface area is 155 Å². The highest BCUT2D eigenvalue weighted by Crippen LogP contribution is 2.14. The molecular weight excluding hydrogens is 316 g/mol. The highest BCUT2D eigenvalue weighted by atomic mass is 32.1. The number of hydrogen-bond donors (Lipinski definition) is 1. The Morgan fingerprint density at radius 3 is 1.42 bits per heavy atom. The van der Waals surface area contributed by atoms with Gasteiger partial charge in [-0.25, -0.2) is 0 Å². The number of carboxylic acids is 1. The van der Waals surface area contributed by atoms with Crippen molar-refractivity contribution in [3.63, 3.8) is 0 Å². The van der Waals surface area contributed by atoms with Crippen molar-refractivity contribution < 1.29 is 9.90 Å². The molecule has 0 saturated carbocycles. The summed E-state index contributed by atoms with van der Waals surface area (Å²) in [6, 6.07) is 0. The van der Waals surface area contributed by atoms with Crippen molar-refractivity contribution in [2.24, 2.45) is 5.92 Å². The van der Waals surface area contributed by atoms with Gasteiger partial charge in [0.15, 0.2) is 0 Å². The molecule has 0 amide bonds. The van der Waals surface area contributed by atoms with Crippen molar-refractivity contribution in [2.45, 2.75) is 117 Å². The van der Waals surface area contributed by atoms with Gasteiger partial charge in [0, 0.05) is 4.86 Å². The molecule has 0 heterocycles. The maximum absolute atomic E-state index is 10.8. The van der Waals surface area contributed by atoms with Gasteiger partial charge >= 0.3 is 5.97 Å². The monoisotopic (exact) mass is 356 g/mol. The molecule has 3 heteroatoms. The van der Waals surface area contributed by atoms with E-state index in [-0.39, 0.29) is 0 Å². The second kappa shape index (κ2) is 17.4. The van der Waals surface area contributed by atoms with Gasteiger partial charge in [-0.05, 0) is 19.8 Å². The van der Waals surface area contributed by atoms with E-state index in [0.29, 0.717) is 4.86 Å². The Morgan fingerprint density at radius 1 is 0.750 bits per heavy atom. The van der Waals surface area contributed by atoms with E-state index in [1.54, 1.807) is 6.92 Å². The fraction of sp³-hybridized carbons (Fsp3) is 0.905. The quantitative estimate of drug-likeness (QED) is 0.206. The van der Waals surface area contributed by atoms with Crippen molar-refractivity contribution in [3.05, 3.63) is 0 Å². The molecule has 2 nitrogen and oxygen atoms in total. The van der Waals surface area contributed by atoms with Crippen molar-refractivity contribution in [1.29, 1.82) is 0 Å². The van der Waals surface area contributed by atoms with E-state index in [0.717, 1.165) is 12.8 Å². The summed E-state index contributed by atoms with van der Waals surface area (Å²) in [6.45, 7) is 3.96. The van der Waals surface area contributed by atoms with E-state index in [9.17, 15) is 4.79 Å². The predicted molar refractivity (Wildman–Crippen MR) is 109 cm³/mol. The van der Waals surface area contributed by atoms with Gasteiger partial charge in [-0.2, -0.15) is 0 Å². The largest absolute Gasteiger partial charge is 0.481 e. The van der Waals surface area contributed by atoms with Gasteiger partial charge in [0.2, 0.25) is 0 Å². The Kier molecular flexibility index (Phi) is 17.1. The summed E-state index contributed by atoms with van der Waals surface area (Å²) in [7, 11) is 0. The lowest BCUT2D eigenvalue weighted by Crippen LogP contribution is -2.18. The molecule has 1 unspecified atom stereocenters. The van der Waals surface area contributed by atoms with Crippen LogP contribution in [0.15, 0.2) is 0 Å². The molecule has 1 atom stereocenters. The summed E-state index contributed by atoms with van der Waals surface area (Å²) in [6.07, 6.45) is 21.0. The maximum Gasteiger partial charge on any atom is 0.311 e. The minimum atomic E-state index is -0.791. The summed E-state index contributed by atoms with van der Waals surface area (Å²) in [5.41, 5.74) is 0. The van der Waals surface area contributed by atoms with Crippen LogP contribution >= 0.6 is 12.2 Å². The molecule has 0 bridgehead atoms. The Bertz CT molecular complexity index is 315. The molecule has 24 heavy (non-hydrogen) atoms. The Hall–Kier alpha value is -0.440. The minimum absolute atomic E-state index is 0.466. The normalized spacial score (nSPS) is 12.2. The molecule has 0 rings (SSSR count). The smallest absolute Gasteiger partial charge is 0.311 e. The summed E-state index contributed by atoms with van der Waals surface area (Å²) in [5, 5.41) is 8.89. The van der Waals surface area contributed by atoms with Gasteiger partial charge < -0.3 is 5.11 Å². The molecule has 0 aromatic carbocycles. The van der Waals surface area contributed by atoms with Crippen molar-refractivity contribution in [2.75, 3.05) is 0 Å². The third-order valence-electron chi connectivity index (χ3n) is 4.88. The molecular formula is C21H40O2S. The highest BCUT2D eigenvalue weighted by Gasteiger charge is 2.15. The van der Waals surface area contributed by atoms with E-state index < -0.39 is 11.9 Å². The summed E-state index contributed by atoms with van der Waals surface area (Å²) in [4.78, 5) is 11.5. The van der Waals surface area contributed by atoms with Gasteiger partial charge in [0.1, 0.15) is 0 Å². The zero-order chi connectivity index (χ0) is 18.0. The van der Waals surface area contributed by atoms with Crippen LogP contribution in [0.2, 0.25) is 0 Å². The molecule has 0 aliphatic rings. The number of hydrogen-bond acceptors (Lipinski definition) is 2. The zero-order valence-electron chi connectivity index (χ0n) is 16.2. The van der Waals surface area contributed by atoms with Crippen LogP contribution in [0.1, 0.15) is 117 Å². The van der Waals surface area contributed by atoms with Gasteiger partial charge in [0.25, 0.3) is 0 Å². The van der Waals surface area contributed by atoms with E-state index in [4.69, 9.17) is 17.3 Å². The Balaban J connectivity index is 3.18. The lowest BCUT2D eigenvalue weighted by molar-refractivity contribution is -0.138. The van der Waals surface area contributed by atoms with Gasteiger partial charge in [-0.15, -0.1) is 0 Å². The standard InChI is InChI=1S/C21H40O2S/c1-3-4-5-6-7-8-9-10-11-12-13-14-15-16-17-18-20(24)19(2)21(22)23/h19H,3-18H2,1-2H3,(H,22,23). The number of rotatable bonds is 18. The van der Waals surface area contributed by atoms with E-state index in [1.807, 2.05) is 0 Å². The number of thiocarbonyl (C=S) groups is 1. The van der Waals surface area contributed by atoms with Crippen LogP contribution in [-0.4, -0.2) is 15.9 Å². The zero-order valence-corrected chi connectivity index (χ0v) is 17.0. The topological polar surface area (TPSA) is 37.3 Å². The van der Waals surface area contributed by atoms with Crippen LogP contribution in [0, 0.1) is 5.92 Å². The highest BCUT2D eigenvalue weighted by molar-refractivity contribution is 7.80. The minimum Gasteiger partial charge on any atom is -0.481 e. The SMILES string of the molecule is CCCCCCCCCCCCCCCCCC(=S)C(C)C(=O)O. The number of unbranched alkanes of at least 4 members (excludes halogenated alkanes) is 14. The number of aliphatic carboxylic acids is 1. The fourth-order valence-electron chi connectivity index (χ4n) is 3.02. The van der Waals surface area contributed by atoms with Crippen molar-refractivity contribution in [1.82, 2.24) is 0 Å². The summed E-state index contributed by atoms with van der Waals surface area (Å²) >= 11 is 5.17. The first kappa shape index (κ1) is 23.6. The average Bonchev–Trinajstić information content (AvgIpc) is 2.57. The molecule has 0 fully saturated rings. The molecule has 0 aliphatic carbocycles. The second-order valence-electron chi connectivity index (χ2n) is 7.23. The van der Waals surface area contributed by atoms with E-state index in [2.05, 4.69) is 6.92 Å². The van der Waals surface area contributed by atoms with Crippen LogP contribution in [-0.2, 0) is 4.79 Å². The third kappa shape index (κ3) is 15.1. The first-order valence-corrected chi connectivity index (χ1v) is 10.8. The molecule has 0 aromatic heterocycles. The van der Waals surface area contributed by atoms with Crippen molar-refractivity contribution >= 4 is 23.1 Å². The van der Waals surface area contributed by atoms with Crippen LogP contribution in [0.3, 0.4) is 0 Å². The van der Waals surface area contributed by atoms with Gasteiger partial charge in [-0.3, -0.25) is 4.79 Å². The second-order valence-corrected chi connectivity index (χ2v) is 7.75. The van der Waals surface area contributed by atoms with Gasteiger partial charge in [-0.1, -0.05) is 109 Å². The molecule has 142 valence electrons. The third-order valence-corrected chi connectivity index (χ3v) is 5.44. The number of carbonyl (C=O) groups is 1. The molecule has 0 aromatic rings. The predicted octanol–water partition coefficient (Wildman–Crippen LogP) is 7.34. The van der Waals surface area contributed by atoms with E-state index in [1.165, 1.54) is 89.9 Å². The lowest BCUT2D eigenvalue weighted by atomic mass is 10.0. The van der Waals surface area contributed by atoms with Crippen LogP contribution in [0.5, 0.6) is 0 Å². The Morgan fingerprint density at radius 2 is 1.08 bits per heavy atom. The summed E-state index contributed by atoms with van der Waals surface area (Å²) in [5.74, 6) is -1.26. The van der Waals surface area contributed by atoms with Crippen LogP contribution < -0.4 is 0 Å². The molecule has 1 N–H and O–H groups in total. The van der Waals surface area contributed by atoms with E-state index >= 15 is 0 Å². The van der Waals surface area contributed by atoms with Crippen molar-refractivity contribution in [3.8, 4) is 0 Å². The van der Waals surface area contributed by atoms with Gasteiger partial charge in [0.05, 0.1) is 5.92 Å². The first-order valence-electron chi connectivity index (χ1n) is 10.3. The van der Waals surface area contributed by atoms with Crippen LogP contribution in [0.25, 0.3) is 0 Å².